The number of hydrogen-bond acceptors (Lipinski definition) is 4. The molecular weight excluding hydrogens is 436 g/mol. The van der Waals surface area contributed by atoms with Crippen molar-refractivity contribution in [2.24, 2.45) is 64.6 Å². The highest BCUT2D eigenvalue weighted by molar-refractivity contribution is 6.02. The van der Waals surface area contributed by atoms with E-state index in [4.69, 9.17) is 9.47 Å². The highest BCUT2D eigenvalue weighted by Gasteiger charge is 2.63. The van der Waals surface area contributed by atoms with Crippen LogP contribution in [0.15, 0.2) is 47.1 Å². The van der Waals surface area contributed by atoms with Crippen LogP contribution >= 0.6 is 0 Å². The normalized spacial score (nSPS) is 46.1. The fraction of sp³-hybridized carbons (Fsp3) is 0.677. The molecule has 4 heteroatoms. The smallest absolute Gasteiger partial charge is 0.438 e. The molecule has 0 aliphatic heterocycles. The van der Waals surface area contributed by atoms with E-state index >= 15 is 0 Å². The zero-order chi connectivity index (χ0) is 25.2. The minimum absolute atomic E-state index is 0.121. The molecule has 35 heavy (non-hydrogen) atoms. The molecule has 0 aromatic carbocycles. The van der Waals surface area contributed by atoms with Gasteiger partial charge in [0.2, 0.25) is 0 Å². The summed E-state index contributed by atoms with van der Waals surface area (Å²) >= 11 is 0. The van der Waals surface area contributed by atoms with Gasteiger partial charge in [0.1, 0.15) is 0 Å². The fourth-order valence-electron chi connectivity index (χ4n) is 9.56. The van der Waals surface area contributed by atoms with Crippen molar-refractivity contribution in [1.82, 2.24) is 0 Å². The van der Waals surface area contributed by atoms with E-state index < -0.39 is 6.16 Å². The maximum Gasteiger partial charge on any atom is 0.507 e. The van der Waals surface area contributed by atoms with Gasteiger partial charge in [-0.1, -0.05) is 65.3 Å². The quantitative estimate of drug-likeness (QED) is 0.410. The van der Waals surface area contributed by atoms with Crippen molar-refractivity contribution in [1.29, 1.82) is 0 Å². The molecule has 0 spiro atoms. The number of fused-ring (bicyclic) bond motifs is 7. The van der Waals surface area contributed by atoms with Crippen LogP contribution in [-0.4, -0.2) is 25.7 Å². The molecule has 11 atom stereocenters. The Morgan fingerprint density at radius 2 is 1.71 bits per heavy atom. The Labute approximate surface area is 210 Å². The van der Waals surface area contributed by atoms with Gasteiger partial charge in [0.05, 0.1) is 13.7 Å². The average Bonchev–Trinajstić information content (AvgIpc) is 2.85. The summed E-state index contributed by atoms with van der Waals surface area (Å²) in [4.78, 5) is 24.1. The lowest BCUT2D eigenvalue weighted by atomic mass is 9.37. The van der Waals surface area contributed by atoms with Crippen LogP contribution in [0.4, 0.5) is 4.79 Å². The third kappa shape index (κ3) is 3.53. The summed E-state index contributed by atoms with van der Waals surface area (Å²) in [6, 6.07) is 0. The van der Waals surface area contributed by atoms with Crippen molar-refractivity contribution < 1.29 is 19.1 Å². The summed E-state index contributed by atoms with van der Waals surface area (Å²) in [7, 11) is 1.38. The van der Waals surface area contributed by atoms with Gasteiger partial charge in [-0.3, -0.25) is 4.79 Å². The van der Waals surface area contributed by atoms with E-state index in [1.807, 2.05) is 12.2 Å². The number of methoxy groups -OCH3 is 1. The van der Waals surface area contributed by atoms with E-state index in [1.54, 1.807) is 11.6 Å². The molecule has 3 fully saturated rings. The molecule has 0 saturated heterocycles. The third-order valence-corrected chi connectivity index (χ3v) is 11.7. The third-order valence-electron chi connectivity index (χ3n) is 11.7. The summed E-state index contributed by atoms with van der Waals surface area (Å²) in [5.74, 6) is 5.20. The Bertz CT molecular complexity index is 1030. The molecule has 0 heterocycles. The lowest BCUT2D eigenvalue weighted by Gasteiger charge is -2.67. The molecular formula is C31H42O4. The second kappa shape index (κ2) is 8.78. The maximum absolute atomic E-state index is 12.2. The number of rotatable bonds is 2. The van der Waals surface area contributed by atoms with E-state index in [9.17, 15) is 9.59 Å². The monoisotopic (exact) mass is 478 g/mol. The second-order valence-corrected chi connectivity index (χ2v) is 12.4. The first kappa shape index (κ1) is 24.6. The number of allylic oxidation sites excluding steroid dienone is 8. The second-order valence-electron chi connectivity index (χ2n) is 12.4. The van der Waals surface area contributed by atoms with Gasteiger partial charge in [0.15, 0.2) is 5.78 Å². The van der Waals surface area contributed by atoms with Crippen LogP contribution in [0.2, 0.25) is 0 Å². The van der Waals surface area contributed by atoms with Crippen LogP contribution in [0.25, 0.3) is 0 Å². The fourth-order valence-corrected chi connectivity index (χ4v) is 9.56. The van der Waals surface area contributed by atoms with Gasteiger partial charge in [-0.15, -0.1) is 0 Å². The number of hydrogen-bond donors (Lipinski definition) is 0. The van der Waals surface area contributed by atoms with Crippen LogP contribution in [0, 0.1) is 64.6 Å². The highest BCUT2D eigenvalue weighted by atomic mass is 16.7. The van der Waals surface area contributed by atoms with Gasteiger partial charge in [-0.2, -0.15) is 0 Å². The van der Waals surface area contributed by atoms with Crippen molar-refractivity contribution in [3.8, 4) is 0 Å². The summed E-state index contributed by atoms with van der Waals surface area (Å²) in [5, 5.41) is 0. The molecule has 3 saturated carbocycles. The summed E-state index contributed by atoms with van der Waals surface area (Å²) in [5.41, 5.74) is 4.26. The molecule has 5 aliphatic carbocycles. The van der Waals surface area contributed by atoms with Crippen molar-refractivity contribution in [3.63, 3.8) is 0 Å². The molecule has 0 radical (unpaired) electrons. The van der Waals surface area contributed by atoms with Gasteiger partial charge in [-0.05, 0) is 94.8 Å². The molecule has 0 aromatic heterocycles. The summed E-state index contributed by atoms with van der Waals surface area (Å²) in [6.07, 6.45) is 12.0. The lowest BCUT2D eigenvalue weighted by Crippen LogP contribution is -2.63. The Morgan fingerprint density at radius 1 is 1.00 bits per heavy atom. The molecule has 5 aliphatic rings. The number of carbonyl (C=O) groups excluding carboxylic acids is 2. The van der Waals surface area contributed by atoms with Crippen molar-refractivity contribution in [2.75, 3.05) is 13.7 Å². The number of ketones is 1. The zero-order valence-corrected chi connectivity index (χ0v) is 22.4. The Kier molecular flexibility index (Phi) is 6.17. The van der Waals surface area contributed by atoms with Crippen LogP contribution in [-0.2, 0) is 14.3 Å². The largest absolute Gasteiger partial charge is 0.507 e. The van der Waals surface area contributed by atoms with E-state index in [1.165, 1.54) is 24.7 Å². The van der Waals surface area contributed by atoms with E-state index in [2.05, 4.69) is 53.7 Å². The van der Waals surface area contributed by atoms with Crippen LogP contribution in [0.1, 0.15) is 54.4 Å². The van der Waals surface area contributed by atoms with Crippen LogP contribution < -0.4 is 0 Å². The highest BCUT2D eigenvalue weighted by Crippen LogP contribution is 2.68. The standard InChI is InChI=1S/C31H42O4/c1-16-19(4)31(6)20(5)17(2)28-24-11-9-21-8-10-22(32)14-26(21)23(24)12-13-25(28)29(31)18(3)27(16)15-35-30(33)34-7/h8-11,14,16-20,23,25,27-29H,12-13,15H2,1-7H3. The van der Waals surface area contributed by atoms with Crippen LogP contribution in [0.5, 0.6) is 0 Å². The molecule has 5 rings (SSSR count). The SMILES string of the molecule is COC(=O)OCC1C(C)C(C)C2(C)C(C)C(C)C3C4=CC=C5C=CC(=O)C=C5C4CCC3C2C1C. The zero-order valence-electron chi connectivity index (χ0n) is 22.4. The molecule has 0 amide bonds. The van der Waals surface area contributed by atoms with E-state index in [0.29, 0.717) is 65.8 Å². The summed E-state index contributed by atoms with van der Waals surface area (Å²) < 4.78 is 10.3. The van der Waals surface area contributed by atoms with Gasteiger partial charge in [0.25, 0.3) is 0 Å². The first-order valence-corrected chi connectivity index (χ1v) is 13.7. The van der Waals surface area contributed by atoms with Gasteiger partial charge < -0.3 is 9.47 Å². The van der Waals surface area contributed by atoms with E-state index in [-0.39, 0.29) is 11.2 Å². The van der Waals surface area contributed by atoms with Crippen molar-refractivity contribution in [2.45, 2.75) is 54.4 Å². The minimum atomic E-state index is -0.575. The van der Waals surface area contributed by atoms with Crippen molar-refractivity contribution >= 4 is 11.9 Å². The van der Waals surface area contributed by atoms with Gasteiger partial charge in [-0.25, -0.2) is 4.79 Å². The molecule has 190 valence electrons. The first-order valence-electron chi connectivity index (χ1n) is 13.7. The number of carbonyl (C=O) groups is 2. The minimum Gasteiger partial charge on any atom is -0.438 e. The lowest BCUT2D eigenvalue weighted by molar-refractivity contribution is -0.188. The molecule has 0 bridgehead atoms. The molecule has 11 unspecified atom stereocenters. The predicted octanol–water partition coefficient (Wildman–Crippen LogP) is 6.79. The molecule has 4 nitrogen and oxygen atoms in total. The Morgan fingerprint density at radius 3 is 2.43 bits per heavy atom. The predicted molar refractivity (Wildman–Crippen MR) is 137 cm³/mol. The first-order chi connectivity index (χ1) is 16.6. The topological polar surface area (TPSA) is 52.6 Å². The average molecular weight is 479 g/mol. The van der Waals surface area contributed by atoms with Gasteiger partial charge in [0, 0.05) is 5.92 Å². The van der Waals surface area contributed by atoms with Crippen LogP contribution in [0.3, 0.4) is 0 Å². The summed E-state index contributed by atoms with van der Waals surface area (Å²) in [6.45, 7) is 15.2. The Hall–Kier alpha value is -2.10. The molecule has 0 aromatic rings. The number of ether oxygens (including phenoxy) is 2. The Balaban J connectivity index is 1.53. The maximum atomic E-state index is 12.2. The van der Waals surface area contributed by atoms with Crippen molar-refractivity contribution in [3.05, 3.63) is 47.1 Å². The van der Waals surface area contributed by atoms with Gasteiger partial charge >= 0.3 is 6.16 Å². The molecule has 0 N–H and O–H groups in total. The van der Waals surface area contributed by atoms with E-state index in [0.717, 1.165) is 6.42 Å².